The number of rotatable bonds is 3. The highest BCUT2D eigenvalue weighted by Crippen LogP contribution is 2.89. The van der Waals surface area contributed by atoms with E-state index in [0.717, 1.165) is 28.6 Å². The van der Waals surface area contributed by atoms with Gasteiger partial charge in [0.25, 0.3) is 0 Å². The standard InChI is InChI=1S/C12H22/c1-8(2)9(3)6-11(4)10-7-12(10,11)5/h8-10H,6-7H2,1-5H3. The highest BCUT2D eigenvalue weighted by Gasteiger charge is 2.82. The first kappa shape index (κ1) is 8.59. The zero-order valence-electron chi connectivity index (χ0n) is 9.15. The Morgan fingerprint density at radius 2 is 1.75 bits per heavy atom. The molecule has 0 aromatic carbocycles. The fraction of sp³-hybridized carbons (Fsp3) is 1.00. The Hall–Kier alpha value is 0. The van der Waals surface area contributed by atoms with Gasteiger partial charge in [-0.3, -0.25) is 0 Å². The highest BCUT2D eigenvalue weighted by molar-refractivity contribution is 5.30. The van der Waals surface area contributed by atoms with E-state index in [4.69, 9.17) is 0 Å². The first-order chi connectivity index (χ1) is 5.42. The molecule has 0 heterocycles. The zero-order chi connectivity index (χ0) is 9.15. The maximum atomic E-state index is 2.50. The lowest BCUT2D eigenvalue weighted by Crippen LogP contribution is -2.17. The molecule has 4 atom stereocenters. The SMILES string of the molecule is CC(C)C(C)CC1(C)C2CC21C. The summed E-state index contributed by atoms with van der Waals surface area (Å²) < 4.78 is 0. The van der Waals surface area contributed by atoms with Crippen molar-refractivity contribution in [3.8, 4) is 0 Å². The molecule has 2 fully saturated rings. The molecular formula is C12H22. The van der Waals surface area contributed by atoms with Crippen LogP contribution in [0.1, 0.15) is 47.5 Å². The van der Waals surface area contributed by atoms with Crippen molar-refractivity contribution in [3.05, 3.63) is 0 Å². The third-order valence-corrected chi connectivity index (χ3v) is 5.11. The van der Waals surface area contributed by atoms with Crippen molar-refractivity contribution in [1.82, 2.24) is 0 Å². The molecule has 0 heteroatoms. The molecule has 2 aliphatic rings. The predicted octanol–water partition coefficient (Wildman–Crippen LogP) is 3.71. The van der Waals surface area contributed by atoms with Gasteiger partial charge in [0.1, 0.15) is 0 Å². The van der Waals surface area contributed by atoms with Gasteiger partial charge in [0.2, 0.25) is 0 Å². The van der Waals surface area contributed by atoms with Crippen molar-refractivity contribution in [1.29, 1.82) is 0 Å². The summed E-state index contributed by atoms with van der Waals surface area (Å²) in [5.74, 6) is 2.89. The van der Waals surface area contributed by atoms with Gasteiger partial charge >= 0.3 is 0 Å². The first-order valence-electron chi connectivity index (χ1n) is 5.42. The molecule has 2 rings (SSSR count). The summed E-state index contributed by atoms with van der Waals surface area (Å²) in [6.07, 6.45) is 2.99. The molecule has 0 aromatic rings. The minimum Gasteiger partial charge on any atom is -0.0625 e. The van der Waals surface area contributed by atoms with Crippen LogP contribution >= 0.6 is 0 Å². The van der Waals surface area contributed by atoms with E-state index in [1.807, 2.05) is 0 Å². The normalized spacial score (nSPS) is 52.0. The van der Waals surface area contributed by atoms with Crippen LogP contribution in [-0.4, -0.2) is 0 Å². The van der Waals surface area contributed by atoms with E-state index in [1.54, 1.807) is 0 Å². The summed E-state index contributed by atoms with van der Waals surface area (Å²) in [4.78, 5) is 0. The molecule has 70 valence electrons. The fourth-order valence-electron chi connectivity index (χ4n) is 3.05. The van der Waals surface area contributed by atoms with Crippen LogP contribution in [0.15, 0.2) is 0 Å². The maximum Gasteiger partial charge on any atom is -0.0232 e. The van der Waals surface area contributed by atoms with Crippen LogP contribution in [0, 0.1) is 28.6 Å². The van der Waals surface area contributed by atoms with E-state index in [1.165, 1.54) is 12.8 Å². The average molecular weight is 166 g/mol. The van der Waals surface area contributed by atoms with Crippen LogP contribution in [-0.2, 0) is 0 Å². The second-order valence-electron chi connectivity index (χ2n) is 6.02. The smallest absolute Gasteiger partial charge is 0.0232 e. The van der Waals surface area contributed by atoms with Crippen LogP contribution in [0.3, 0.4) is 0 Å². The van der Waals surface area contributed by atoms with E-state index in [0.29, 0.717) is 0 Å². The van der Waals surface area contributed by atoms with E-state index in [-0.39, 0.29) is 0 Å². The molecule has 0 nitrogen and oxygen atoms in total. The lowest BCUT2D eigenvalue weighted by atomic mass is 9.79. The average Bonchev–Trinajstić information content (AvgIpc) is 2.75. The first-order valence-corrected chi connectivity index (χ1v) is 5.42. The topological polar surface area (TPSA) is 0 Å². The van der Waals surface area contributed by atoms with E-state index in [9.17, 15) is 0 Å². The monoisotopic (exact) mass is 166 g/mol. The fourth-order valence-corrected chi connectivity index (χ4v) is 3.05. The Morgan fingerprint density at radius 1 is 1.25 bits per heavy atom. The van der Waals surface area contributed by atoms with E-state index >= 15 is 0 Å². The predicted molar refractivity (Wildman–Crippen MR) is 52.9 cm³/mol. The quantitative estimate of drug-likeness (QED) is 0.599. The molecule has 2 saturated carbocycles. The molecule has 12 heavy (non-hydrogen) atoms. The Kier molecular flexibility index (Phi) is 1.49. The molecule has 0 saturated heterocycles. The third-order valence-electron chi connectivity index (χ3n) is 5.11. The molecule has 0 N–H and O–H groups in total. The molecule has 0 aromatic heterocycles. The van der Waals surface area contributed by atoms with Crippen molar-refractivity contribution in [2.75, 3.05) is 0 Å². The van der Waals surface area contributed by atoms with Gasteiger partial charge in [-0.2, -0.15) is 0 Å². The summed E-state index contributed by atoms with van der Waals surface area (Å²) in [5, 5.41) is 0. The Morgan fingerprint density at radius 3 is 2.00 bits per heavy atom. The van der Waals surface area contributed by atoms with E-state index in [2.05, 4.69) is 34.6 Å². The van der Waals surface area contributed by atoms with Gasteiger partial charge in [0, 0.05) is 0 Å². The van der Waals surface area contributed by atoms with Crippen LogP contribution in [0.2, 0.25) is 0 Å². The summed E-state index contributed by atoms with van der Waals surface area (Å²) in [5.41, 5.74) is 1.53. The third kappa shape index (κ3) is 0.843. The maximum absolute atomic E-state index is 2.50. The van der Waals surface area contributed by atoms with Crippen LogP contribution in [0.4, 0.5) is 0 Å². The van der Waals surface area contributed by atoms with Crippen LogP contribution in [0.25, 0.3) is 0 Å². The number of hydrogen-bond acceptors (Lipinski definition) is 0. The van der Waals surface area contributed by atoms with Crippen LogP contribution < -0.4 is 0 Å². The Labute approximate surface area is 76.7 Å². The molecule has 0 spiro atoms. The highest BCUT2D eigenvalue weighted by atomic mass is 14.9. The summed E-state index contributed by atoms with van der Waals surface area (Å²) in [6.45, 7) is 12.1. The van der Waals surface area contributed by atoms with Gasteiger partial charge < -0.3 is 0 Å². The molecule has 2 aliphatic carbocycles. The van der Waals surface area contributed by atoms with Crippen LogP contribution in [0.5, 0.6) is 0 Å². The van der Waals surface area contributed by atoms with Gasteiger partial charge in [-0.1, -0.05) is 34.6 Å². The van der Waals surface area contributed by atoms with Crippen molar-refractivity contribution >= 4 is 0 Å². The van der Waals surface area contributed by atoms with Gasteiger partial charge in [-0.25, -0.2) is 0 Å². The van der Waals surface area contributed by atoms with Gasteiger partial charge in [-0.05, 0) is 41.4 Å². The minimum atomic E-state index is 0.747. The molecule has 0 radical (unpaired) electrons. The summed E-state index contributed by atoms with van der Waals surface area (Å²) in [7, 11) is 0. The zero-order valence-corrected chi connectivity index (χ0v) is 9.15. The lowest BCUT2D eigenvalue weighted by Gasteiger charge is -2.26. The number of fused-ring (bicyclic) bond motifs is 1. The molecule has 4 unspecified atom stereocenters. The van der Waals surface area contributed by atoms with Crippen molar-refractivity contribution < 1.29 is 0 Å². The Bertz CT molecular complexity index is 206. The van der Waals surface area contributed by atoms with Gasteiger partial charge in [0.15, 0.2) is 0 Å². The van der Waals surface area contributed by atoms with Gasteiger partial charge in [0.05, 0.1) is 0 Å². The van der Waals surface area contributed by atoms with Crippen molar-refractivity contribution in [2.45, 2.75) is 47.5 Å². The molecule has 0 aliphatic heterocycles. The lowest BCUT2D eigenvalue weighted by molar-refractivity contribution is 0.233. The van der Waals surface area contributed by atoms with Gasteiger partial charge in [-0.15, -0.1) is 0 Å². The second-order valence-corrected chi connectivity index (χ2v) is 6.02. The largest absolute Gasteiger partial charge is 0.0625 e. The van der Waals surface area contributed by atoms with E-state index < -0.39 is 0 Å². The summed E-state index contributed by atoms with van der Waals surface area (Å²) >= 11 is 0. The minimum absolute atomic E-state index is 0.747. The molecule has 0 amide bonds. The van der Waals surface area contributed by atoms with Crippen molar-refractivity contribution in [3.63, 3.8) is 0 Å². The molecular weight excluding hydrogens is 144 g/mol. The summed E-state index contributed by atoms with van der Waals surface area (Å²) in [6, 6.07) is 0. The number of hydrogen-bond donors (Lipinski definition) is 0. The second kappa shape index (κ2) is 2.08. The molecule has 0 bridgehead atoms. The van der Waals surface area contributed by atoms with Crippen molar-refractivity contribution in [2.24, 2.45) is 28.6 Å². The Balaban J connectivity index is 1.89.